The largest absolute Gasteiger partial charge is 0.491 e. The lowest BCUT2D eigenvalue weighted by atomic mass is 10.1. The SMILES string of the molecule is Clc1c(OCCNC[C@@H]2CCCO2)ccc2ccccc12. The van der Waals surface area contributed by atoms with Crippen molar-refractivity contribution in [2.75, 3.05) is 26.3 Å². The highest BCUT2D eigenvalue weighted by Gasteiger charge is 2.14. The van der Waals surface area contributed by atoms with Crippen molar-refractivity contribution < 1.29 is 9.47 Å². The van der Waals surface area contributed by atoms with E-state index in [1.165, 1.54) is 6.42 Å². The lowest BCUT2D eigenvalue weighted by Crippen LogP contribution is -2.29. The van der Waals surface area contributed by atoms with Gasteiger partial charge in [-0.1, -0.05) is 41.9 Å². The molecule has 0 spiro atoms. The number of halogens is 1. The third kappa shape index (κ3) is 3.67. The van der Waals surface area contributed by atoms with Crippen LogP contribution in [-0.4, -0.2) is 32.4 Å². The van der Waals surface area contributed by atoms with E-state index >= 15 is 0 Å². The fraction of sp³-hybridized carbons (Fsp3) is 0.412. The Morgan fingerprint density at radius 1 is 1.24 bits per heavy atom. The Hall–Kier alpha value is -1.29. The molecule has 1 aliphatic rings. The summed E-state index contributed by atoms with van der Waals surface area (Å²) in [6, 6.07) is 12.0. The predicted octanol–water partition coefficient (Wildman–Crippen LogP) is 3.64. The maximum Gasteiger partial charge on any atom is 0.138 e. The van der Waals surface area contributed by atoms with Crippen LogP contribution in [0.4, 0.5) is 0 Å². The van der Waals surface area contributed by atoms with Crippen LogP contribution in [0.25, 0.3) is 10.8 Å². The van der Waals surface area contributed by atoms with E-state index in [1.807, 2.05) is 36.4 Å². The molecule has 3 rings (SSSR count). The van der Waals surface area contributed by atoms with Gasteiger partial charge in [0.1, 0.15) is 12.4 Å². The minimum atomic E-state index is 0.370. The second kappa shape index (κ2) is 7.12. The van der Waals surface area contributed by atoms with Gasteiger partial charge in [0.05, 0.1) is 11.1 Å². The van der Waals surface area contributed by atoms with Crippen LogP contribution in [0.3, 0.4) is 0 Å². The molecule has 0 unspecified atom stereocenters. The monoisotopic (exact) mass is 305 g/mol. The van der Waals surface area contributed by atoms with E-state index in [2.05, 4.69) is 5.32 Å². The van der Waals surface area contributed by atoms with Gasteiger partial charge in [-0.05, 0) is 24.3 Å². The maximum absolute atomic E-state index is 6.39. The molecule has 0 amide bonds. The summed E-state index contributed by atoms with van der Waals surface area (Å²) in [5.74, 6) is 0.745. The molecule has 1 atom stereocenters. The molecule has 0 radical (unpaired) electrons. The third-order valence-electron chi connectivity index (χ3n) is 3.76. The summed E-state index contributed by atoms with van der Waals surface area (Å²) < 4.78 is 11.3. The van der Waals surface area contributed by atoms with E-state index in [0.717, 1.165) is 42.6 Å². The van der Waals surface area contributed by atoms with Gasteiger partial charge in [0.15, 0.2) is 0 Å². The standard InChI is InChI=1S/C17H20ClNO2/c18-17-15-6-2-1-4-13(15)7-8-16(17)21-11-9-19-12-14-5-3-10-20-14/h1-2,4,6-8,14,19H,3,5,9-12H2/t14-/m0/s1. The van der Waals surface area contributed by atoms with Crippen LogP contribution < -0.4 is 10.1 Å². The molecule has 1 heterocycles. The molecule has 112 valence electrons. The van der Waals surface area contributed by atoms with Crippen LogP contribution in [0.2, 0.25) is 5.02 Å². The van der Waals surface area contributed by atoms with Crippen LogP contribution in [0.1, 0.15) is 12.8 Å². The maximum atomic E-state index is 6.39. The van der Waals surface area contributed by atoms with Crippen molar-refractivity contribution in [3.63, 3.8) is 0 Å². The van der Waals surface area contributed by atoms with E-state index in [4.69, 9.17) is 21.1 Å². The van der Waals surface area contributed by atoms with E-state index in [1.54, 1.807) is 0 Å². The second-order valence-corrected chi connectivity index (χ2v) is 5.66. The lowest BCUT2D eigenvalue weighted by molar-refractivity contribution is 0.109. The Balaban J connectivity index is 1.49. The smallest absolute Gasteiger partial charge is 0.138 e. The highest BCUT2D eigenvalue weighted by atomic mass is 35.5. The van der Waals surface area contributed by atoms with Gasteiger partial charge >= 0.3 is 0 Å². The highest BCUT2D eigenvalue weighted by Crippen LogP contribution is 2.32. The molecular weight excluding hydrogens is 286 g/mol. The van der Waals surface area contributed by atoms with Crippen molar-refractivity contribution in [3.8, 4) is 5.75 Å². The van der Waals surface area contributed by atoms with Crippen LogP contribution in [0.5, 0.6) is 5.75 Å². The summed E-state index contributed by atoms with van der Waals surface area (Å²) in [4.78, 5) is 0. The summed E-state index contributed by atoms with van der Waals surface area (Å²) in [7, 11) is 0. The van der Waals surface area contributed by atoms with Gasteiger partial charge in [-0.2, -0.15) is 0 Å². The summed E-state index contributed by atoms with van der Waals surface area (Å²) in [5, 5.41) is 6.21. The van der Waals surface area contributed by atoms with Crippen molar-refractivity contribution in [2.45, 2.75) is 18.9 Å². The van der Waals surface area contributed by atoms with E-state index in [0.29, 0.717) is 17.7 Å². The zero-order valence-electron chi connectivity index (χ0n) is 12.0. The van der Waals surface area contributed by atoms with E-state index in [-0.39, 0.29) is 0 Å². The van der Waals surface area contributed by atoms with Crippen molar-refractivity contribution in [1.82, 2.24) is 5.32 Å². The predicted molar refractivity (Wildman–Crippen MR) is 86.3 cm³/mol. The van der Waals surface area contributed by atoms with Gasteiger partial charge in [0.2, 0.25) is 0 Å². The second-order valence-electron chi connectivity index (χ2n) is 5.29. The van der Waals surface area contributed by atoms with Gasteiger partial charge in [0, 0.05) is 25.1 Å². The van der Waals surface area contributed by atoms with Gasteiger partial charge in [-0.15, -0.1) is 0 Å². The first-order valence-electron chi connectivity index (χ1n) is 7.47. The van der Waals surface area contributed by atoms with Crippen LogP contribution in [-0.2, 0) is 4.74 Å². The molecular formula is C17H20ClNO2. The Labute approximate surface area is 130 Å². The van der Waals surface area contributed by atoms with Crippen molar-refractivity contribution in [1.29, 1.82) is 0 Å². The average molecular weight is 306 g/mol. The number of nitrogens with one attached hydrogen (secondary N) is 1. The first-order chi connectivity index (χ1) is 10.3. The summed E-state index contributed by atoms with van der Waals surface area (Å²) in [6.45, 7) is 3.19. The average Bonchev–Trinajstić information content (AvgIpc) is 3.03. The summed E-state index contributed by atoms with van der Waals surface area (Å²) >= 11 is 6.39. The molecule has 1 saturated heterocycles. The number of hydrogen-bond donors (Lipinski definition) is 1. The van der Waals surface area contributed by atoms with E-state index in [9.17, 15) is 0 Å². The topological polar surface area (TPSA) is 30.5 Å². The molecule has 1 aliphatic heterocycles. The molecule has 2 aromatic carbocycles. The molecule has 1 fully saturated rings. The van der Waals surface area contributed by atoms with Crippen molar-refractivity contribution in [3.05, 3.63) is 41.4 Å². The molecule has 21 heavy (non-hydrogen) atoms. The van der Waals surface area contributed by atoms with E-state index < -0.39 is 0 Å². The van der Waals surface area contributed by atoms with Crippen LogP contribution in [0, 0.1) is 0 Å². The zero-order chi connectivity index (χ0) is 14.5. The number of rotatable bonds is 6. The fourth-order valence-corrected chi connectivity index (χ4v) is 2.92. The molecule has 0 bridgehead atoms. The molecule has 0 aromatic heterocycles. The number of fused-ring (bicyclic) bond motifs is 1. The molecule has 1 N–H and O–H groups in total. The molecule has 0 saturated carbocycles. The Bertz CT molecular complexity index is 596. The summed E-state index contributed by atoms with van der Waals surface area (Å²) in [6.07, 6.45) is 2.70. The van der Waals surface area contributed by atoms with Gasteiger partial charge in [-0.3, -0.25) is 0 Å². The fourth-order valence-electron chi connectivity index (χ4n) is 2.63. The van der Waals surface area contributed by atoms with Gasteiger partial charge in [-0.25, -0.2) is 0 Å². The molecule has 4 heteroatoms. The van der Waals surface area contributed by atoms with Crippen LogP contribution >= 0.6 is 11.6 Å². The van der Waals surface area contributed by atoms with Crippen molar-refractivity contribution in [2.24, 2.45) is 0 Å². The highest BCUT2D eigenvalue weighted by molar-refractivity contribution is 6.37. The number of hydrogen-bond acceptors (Lipinski definition) is 3. The third-order valence-corrected chi connectivity index (χ3v) is 4.15. The van der Waals surface area contributed by atoms with Gasteiger partial charge < -0.3 is 14.8 Å². The Kier molecular flexibility index (Phi) is 4.96. The normalized spacial score (nSPS) is 18.2. The minimum absolute atomic E-state index is 0.370. The summed E-state index contributed by atoms with van der Waals surface area (Å²) in [5.41, 5.74) is 0. The number of benzene rings is 2. The Morgan fingerprint density at radius 2 is 2.14 bits per heavy atom. The molecule has 0 aliphatic carbocycles. The Morgan fingerprint density at radius 3 is 3.00 bits per heavy atom. The number of ether oxygens (including phenoxy) is 2. The first kappa shape index (κ1) is 14.6. The lowest BCUT2D eigenvalue weighted by Gasteiger charge is -2.12. The van der Waals surface area contributed by atoms with Gasteiger partial charge in [0.25, 0.3) is 0 Å². The first-order valence-corrected chi connectivity index (χ1v) is 7.85. The quantitative estimate of drug-likeness (QED) is 0.827. The molecule has 2 aromatic rings. The molecule has 3 nitrogen and oxygen atoms in total. The zero-order valence-corrected chi connectivity index (χ0v) is 12.7. The van der Waals surface area contributed by atoms with Crippen molar-refractivity contribution >= 4 is 22.4 Å². The van der Waals surface area contributed by atoms with Crippen LogP contribution in [0.15, 0.2) is 36.4 Å². The minimum Gasteiger partial charge on any atom is -0.491 e.